The van der Waals surface area contributed by atoms with E-state index in [0.717, 1.165) is 37.0 Å². The summed E-state index contributed by atoms with van der Waals surface area (Å²) in [7, 11) is 1.66. The molecule has 42 heavy (non-hydrogen) atoms. The van der Waals surface area contributed by atoms with Gasteiger partial charge in [-0.15, -0.1) is 0 Å². The minimum Gasteiger partial charge on any atom is -0.497 e. The molecule has 222 valence electrons. The summed E-state index contributed by atoms with van der Waals surface area (Å²) in [5, 5.41) is 3.25. The highest BCUT2D eigenvalue weighted by molar-refractivity contribution is 5.97. The number of halogens is 1. The summed E-state index contributed by atoms with van der Waals surface area (Å²) < 4.78 is 19.1. The van der Waals surface area contributed by atoms with Gasteiger partial charge in [-0.1, -0.05) is 42.5 Å². The van der Waals surface area contributed by atoms with E-state index in [0.29, 0.717) is 38.0 Å². The van der Waals surface area contributed by atoms with Gasteiger partial charge in [-0.05, 0) is 86.1 Å². The Bertz CT molecular complexity index is 1330. The third kappa shape index (κ3) is 7.55. The highest BCUT2D eigenvalue weighted by Crippen LogP contribution is 2.28. The van der Waals surface area contributed by atoms with Gasteiger partial charge in [0.15, 0.2) is 0 Å². The zero-order chi connectivity index (χ0) is 29.5. The highest BCUT2D eigenvalue weighted by Gasteiger charge is 2.39. The summed E-state index contributed by atoms with van der Waals surface area (Å²) >= 11 is 0. The molecule has 2 atom stereocenters. The van der Waals surface area contributed by atoms with Crippen LogP contribution in [0.4, 0.5) is 4.39 Å². The van der Waals surface area contributed by atoms with Crippen LogP contribution in [0, 0.1) is 5.82 Å². The average molecular weight is 573 g/mol. The fourth-order valence-electron chi connectivity index (χ4n) is 6.23. The lowest BCUT2D eigenvalue weighted by Gasteiger charge is -2.43. The van der Waals surface area contributed by atoms with Crippen LogP contribution < -0.4 is 15.8 Å². The minimum atomic E-state index is -0.638. The summed E-state index contributed by atoms with van der Waals surface area (Å²) in [6.45, 7) is 1.82. The summed E-state index contributed by atoms with van der Waals surface area (Å²) in [6.07, 6.45) is 4.65. The number of amides is 2. The number of ether oxygens (including phenoxy) is 1. The molecule has 3 N–H and O–H groups in total. The number of carbonyl (C=O) groups is 2. The van der Waals surface area contributed by atoms with Crippen molar-refractivity contribution >= 4 is 11.8 Å². The van der Waals surface area contributed by atoms with Crippen LogP contribution in [0.3, 0.4) is 0 Å². The molecule has 0 aromatic heterocycles. The molecule has 0 radical (unpaired) electrons. The maximum Gasteiger partial charge on any atom is 0.254 e. The van der Waals surface area contributed by atoms with E-state index < -0.39 is 11.9 Å². The number of hydrogen-bond acceptors (Lipinski definition) is 5. The second-order valence-electron chi connectivity index (χ2n) is 11.6. The van der Waals surface area contributed by atoms with Crippen LogP contribution in [0.1, 0.15) is 60.0 Å². The normalized spacial score (nSPS) is 22.5. The van der Waals surface area contributed by atoms with Crippen LogP contribution in [-0.2, 0) is 17.9 Å². The Morgan fingerprint density at radius 1 is 0.929 bits per heavy atom. The Hall–Kier alpha value is -3.75. The molecule has 8 heteroatoms. The van der Waals surface area contributed by atoms with E-state index in [2.05, 4.69) is 28.4 Å². The van der Waals surface area contributed by atoms with E-state index in [1.54, 1.807) is 12.0 Å². The summed E-state index contributed by atoms with van der Waals surface area (Å²) in [5.41, 5.74) is 8.79. The third-order valence-electron chi connectivity index (χ3n) is 8.61. The molecule has 7 nitrogen and oxygen atoms in total. The molecule has 0 bridgehead atoms. The topological polar surface area (TPSA) is 87.9 Å². The summed E-state index contributed by atoms with van der Waals surface area (Å²) in [6, 6.07) is 23.6. The molecule has 1 aliphatic carbocycles. The van der Waals surface area contributed by atoms with Crippen molar-refractivity contribution in [3.8, 4) is 5.75 Å². The Balaban J connectivity index is 1.40. The maximum atomic E-state index is 13.9. The van der Waals surface area contributed by atoms with Crippen LogP contribution in [-0.4, -0.2) is 59.4 Å². The van der Waals surface area contributed by atoms with E-state index in [1.165, 1.54) is 29.8 Å². The Kier molecular flexibility index (Phi) is 9.87. The van der Waals surface area contributed by atoms with Crippen molar-refractivity contribution in [2.24, 2.45) is 5.73 Å². The van der Waals surface area contributed by atoms with E-state index in [1.807, 2.05) is 36.4 Å². The van der Waals surface area contributed by atoms with Crippen molar-refractivity contribution in [1.82, 2.24) is 15.1 Å². The van der Waals surface area contributed by atoms with Crippen LogP contribution in [0.2, 0.25) is 0 Å². The molecule has 2 amide bonds. The Morgan fingerprint density at radius 2 is 1.62 bits per heavy atom. The van der Waals surface area contributed by atoms with Gasteiger partial charge in [-0.25, -0.2) is 4.39 Å². The zero-order valence-electron chi connectivity index (χ0n) is 24.3. The predicted octanol–water partition coefficient (Wildman–Crippen LogP) is 4.90. The average Bonchev–Trinajstić information content (AvgIpc) is 3.02. The molecule has 1 unspecified atom stereocenters. The van der Waals surface area contributed by atoms with Gasteiger partial charge in [0.2, 0.25) is 5.91 Å². The monoisotopic (exact) mass is 572 g/mol. The molecule has 0 spiro atoms. The van der Waals surface area contributed by atoms with Crippen LogP contribution in [0.25, 0.3) is 0 Å². The van der Waals surface area contributed by atoms with Gasteiger partial charge in [0.25, 0.3) is 5.91 Å². The number of nitrogens with two attached hydrogens (primary N) is 1. The van der Waals surface area contributed by atoms with Crippen LogP contribution >= 0.6 is 0 Å². The van der Waals surface area contributed by atoms with Gasteiger partial charge in [-0.2, -0.15) is 0 Å². The number of likely N-dealkylation sites (tertiary alicyclic amines) is 1. The van der Waals surface area contributed by atoms with Gasteiger partial charge >= 0.3 is 0 Å². The van der Waals surface area contributed by atoms with Gasteiger partial charge in [0.05, 0.1) is 7.11 Å². The lowest BCUT2D eigenvalue weighted by atomic mass is 9.90. The fourth-order valence-corrected chi connectivity index (χ4v) is 6.23. The molecule has 5 rings (SSSR count). The van der Waals surface area contributed by atoms with Gasteiger partial charge in [0, 0.05) is 43.3 Å². The predicted molar refractivity (Wildman–Crippen MR) is 161 cm³/mol. The Morgan fingerprint density at radius 3 is 2.33 bits per heavy atom. The molecule has 1 saturated heterocycles. The first-order chi connectivity index (χ1) is 20.4. The number of methoxy groups -OCH3 is 1. The number of rotatable bonds is 9. The molecule has 2 aliphatic rings. The van der Waals surface area contributed by atoms with Crippen molar-refractivity contribution < 1.29 is 18.7 Å². The molecule has 1 aliphatic heterocycles. The standard InChI is InChI=1S/C34H41FN4O3/c1-42-31-9-5-8-25(20-31)23-38(22-24-6-3-2-4-7-24)30-18-19-39(34(41)26-10-12-27(35)13-11-26)32(21-30)33(40)37-29-16-14-28(36)15-17-29/h2-13,20,28-30,32H,14-19,21-23,36H2,1H3,(H,37,40)/t28?,29?,30?,32-/m1/s1. The van der Waals surface area contributed by atoms with Gasteiger partial charge < -0.3 is 20.7 Å². The smallest absolute Gasteiger partial charge is 0.254 e. The third-order valence-corrected chi connectivity index (χ3v) is 8.61. The lowest BCUT2D eigenvalue weighted by Crippen LogP contribution is -2.58. The fraction of sp³-hybridized carbons (Fsp3) is 0.412. The lowest BCUT2D eigenvalue weighted by molar-refractivity contribution is -0.128. The number of nitrogens with one attached hydrogen (secondary N) is 1. The molecule has 1 saturated carbocycles. The maximum absolute atomic E-state index is 13.9. The molecule has 3 aromatic rings. The van der Waals surface area contributed by atoms with Crippen molar-refractivity contribution in [2.75, 3.05) is 13.7 Å². The number of hydrogen-bond donors (Lipinski definition) is 2. The molecule has 3 aromatic carbocycles. The van der Waals surface area contributed by atoms with Crippen molar-refractivity contribution in [1.29, 1.82) is 0 Å². The largest absolute Gasteiger partial charge is 0.497 e. The number of carbonyl (C=O) groups excluding carboxylic acids is 2. The van der Waals surface area contributed by atoms with Crippen molar-refractivity contribution in [3.05, 3.63) is 101 Å². The SMILES string of the molecule is COc1cccc(CN(Cc2ccccc2)C2CCN(C(=O)c3ccc(F)cc3)[C@@H](C(=O)NC3CCC(N)CC3)C2)c1. The summed E-state index contributed by atoms with van der Waals surface area (Å²) in [5.74, 6) is 0.0267. The van der Waals surface area contributed by atoms with Crippen LogP contribution in [0.15, 0.2) is 78.9 Å². The quantitative estimate of drug-likeness (QED) is 0.381. The first-order valence-corrected chi connectivity index (χ1v) is 14.9. The number of piperidine rings is 1. The first-order valence-electron chi connectivity index (χ1n) is 14.9. The zero-order valence-corrected chi connectivity index (χ0v) is 24.3. The number of nitrogens with zero attached hydrogens (tertiary/aromatic N) is 2. The molecular formula is C34H41FN4O3. The highest BCUT2D eigenvalue weighted by atomic mass is 19.1. The second-order valence-corrected chi connectivity index (χ2v) is 11.6. The molecular weight excluding hydrogens is 531 g/mol. The Labute approximate surface area is 247 Å². The number of benzene rings is 3. The van der Waals surface area contributed by atoms with E-state index >= 15 is 0 Å². The van der Waals surface area contributed by atoms with Crippen molar-refractivity contribution in [3.63, 3.8) is 0 Å². The minimum absolute atomic E-state index is 0.0534. The van der Waals surface area contributed by atoms with Gasteiger partial charge in [-0.3, -0.25) is 14.5 Å². The molecule has 1 heterocycles. The van der Waals surface area contributed by atoms with E-state index in [4.69, 9.17) is 10.5 Å². The molecule has 2 fully saturated rings. The van der Waals surface area contributed by atoms with E-state index in [9.17, 15) is 14.0 Å². The first kappa shape index (κ1) is 29.7. The second kappa shape index (κ2) is 13.9. The summed E-state index contributed by atoms with van der Waals surface area (Å²) in [4.78, 5) is 31.6. The van der Waals surface area contributed by atoms with E-state index in [-0.39, 0.29) is 29.9 Å². The van der Waals surface area contributed by atoms with Gasteiger partial charge in [0.1, 0.15) is 17.6 Å². The van der Waals surface area contributed by atoms with Crippen molar-refractivity contribution in [2.45, 2.75) is 75.8 Å². The van der Waals surface area contributed by atoms with Crippen LogP contribution in [0.5, 0.6) is 5.75 Å².